The maximum atomic E-state index is 11.5. The summed E-state index contributed by atoms with van der Waals surface area (Å²) in [5, 5.41) is 53.3. The molecule has 0 aliphatic heterocycles. The van der Waals surface area contributed by atoms with Crippen molar-refractivity contribution in [3.8, 4) is 0 Å². The first-order valence-electron chi connectivity index (χ1n) is 6.42. The summed E-state index contributed by atoms with van der Waals surface area (Å²) in [6, 6.07) is 0. The Labute approximate surface area is 137 Å². The Hall–Kier alpha value is -0.420. The standard InChI is InChI=1S/C11H22O7S.CHNS/c1-19(18)5-3-2-4-7(13)9(15)11(17)10(16)8(14)6-12;2-1-3/h8-12,14-17H,2-6H2,1H3;2H. The van der Waals surface area contributed by atoms with E-state index in [1.54, 1.807) is 11.4 Å². The van der Waals surface area contributed by atoms with Crippen LogP contribution < -0.4 is 0 Å². The van der Waals surface area contributed by atoms with Crippen molar-refractivity contribution in [3.05, 3.63) is 0 Å². The summed E-state index contributed by atoms with van der Waals surface area (Å²) in [4.78, 5) is 11.5. The molecule has 0 bridgehead atoms. The molecule has 0 spiro atoms. The Morgan fingerprint density at radius 2 is 1.77 bits per heavy atom. The van der Waals surface area contributed by atoms with Gasteiger partial charge in [-0.2, -0.15) is 0 Å². The Morgan fingerprint density at radius 1 is 1.27 bits per heavy atom. The van der Waals surface area contributed by atoms with Crippen molar-refractivity contribution < 1.29 is 34.9 Å². The van der Waals surface area contributed by atoms with Gasteiger partial charge in [0, 0.05) is 6.42 Å². The molecule has 0 aliphatic rings. The molecule has 0 rings (SSSR count). The van der Waals surface area contributed by atoms with Gasteiger partial charge in [-0.05, 0) is 25.1 Å². The molecule has 0 fully saturated rings. The van der Waals surface area contributed by atoms with Crippen molar-refractivity contribution in [2.45, 2.75) is 43.7 Å². The third kappa shape index (κ3) is 11.2. The van der Waals surface area contributed by atoms with E-state index in [0.29, 0.717) is 18.6 Å². The van der Waals surface area contributed by atoms with Crippen LogP contribution in [0.2, 0.25) is 0 Å². The van der Waals surface area contributed by atoms with Gasteiger partial charge in [-0.25, -0.2) is 5.41 Å². The van der Waals surface area contributed by atoms with Crippen molar-refractivity contribution in [2.75, 3.05) is 18.6 Å². The molecule has 0 aromatic carbocycles. The highest BCUT2D eigenvalue weighted by atomic mass is 32.2. The lowest BCUT2D eigenvalue weighted by Crippen LogP contribution is -2.48. The maximum Gasteiger partial charge on any atom is 0.164 e. The molecule has 0 radical (unpaired) electrons. The van der Waals surface area contributed by atoms with Crippen LogP contribution in [0.1, 0.15) is 19.3 Å². The maximum absolute atomic E-state index is 11.5. The molecule has 5 unspecified atom stereocenters. The Kier molecular flexibility index (Phi) is 15.4. The van der Waals surface area contributed by atoms with Crippen molar-refractivity contribution >= 4 is 34.3 Å². The fraction of sp³-hybridized carbons (Fsp3) is 0.833. The molecular weight excluding hydrogens is 334 g/mol. The van der Waals surface area contributed by atoms with Crippen LogP contribution in [-0.4, -0.2) is 84.1 Å². The molecule has 130 valence electrons. The second-order valence-electron chi connectivity index (χ2n) is 4.48. The third-order valence-corrected chi connectivity index (χ3v) is 3.55. The van der Waals surface area contributed by atoms with E-state index < -0.39 is 48.0 Å². The van der Waals surface area contributed by atoms with Crippen LogP contribution in [-0.2, 0) is 16.0 Å². The summed E-state index contributed by atoms with van der Waals surface area (Å²) >= 11 is 2.87. The summed E-state index contributed by atoms with van der Waals surface area (Å²) in [6.45, 7) is -0.790. The summed E-state index contributed by atoms with van der Waals surface area (Å²) < 4.78 is 10.8. The zero-order valence-corrected chi connectivity index (χ0v) is 13.8. The predicted molar refractivity (Wildman–Crippen MR) is 84.2 cm³/mol. The first-order valence-corrected chi connectivity index (χ1v) is 8.56. The molecule has 10 heteroatoms. The largest absolute Gasteiger partial charge is 0.617 e. The number of isothiocyanates is 1. The number of carbonyl (C=O) groups excluding carboxylic acids is 1. The molecule has 0 aliphatic carbocycles. The first kappa shape index (κ1) is 23.8. The van der Waals surface area contributed by atoms with Crippen LogP contribution in [0.5, 0.6) is 0 Å². The molecule has 0 saturated heterocycles. The molecule has 0 aromatic rings. The molecule has 22 heavy (non-hydrogen) atoms. The van der Waals surface area contributed by atoms with E-state index in [2.05, 4.69) is 12.2 Å². The van der Waals surface area contributed by atoms with Crippen LogP contribution in [0.15, 0.2) is 0 Å². The third-order valence-electron chi connectivity index (χ3n) is 2.69. The topological polar surface area (TPSA) is 165 Å². The number of ketones is 1. The van der Waals surface area contributed by atoms with Gasteiger partial charge >= 0.3 is 0 Å². The average Bonchev–Trinajstić information content (AvgIpc) is 2.48. The second kappa shape index (κ2) is 14.2. The minimum atomic E-state index is -1.85. The normalized spacial score (nSPS) is 17.2. The quantitative estimate of drug-likeness (QED) is 0.115. The summed E-state index contributed by atoms with van der Waals surface area (Å²) in [5.41, 5.74) is 0. The number of carbonyl (C=O) groups is 1. The van der Waals surface area contributed by atoms with Gasteiger partial charge in [-0.3, -0.25) is 4.79 Å². The van der Waals surface area contributed by atoms with Gasteiger partial charge in [0.2, 0.25) is 0 Å². The lowest BCUT2D eigenvalue weighted by atomic mass is 9.98. The molecule has 8 nitrogen and oxygen atoms in total. The van der Waals surface area contributed by atoms with Gasteiger partial charge in [0.1, 0.15) is 30.2 Å². The molecule has 0 heterocycles. The number of thiocarbonyl (C=S) groups is 1. The lowest BCUT2D eigenvalue weighted by molar-refractivity contribution is -0.147. The minimum absolute atomic E-state index is 0.0165. The van der Waals surface area contributed by atoms with E-state index >= 15 is 0 Å². The molecule has 0 saturated carbocycles. The zero-order valence-electron chi connectivity index (χ0n) is 12.2. The van der Waals surface area contributed by atoms with Crippen LogP contribution in [0.4, 0.5) is 0 Å². The Morgan fingerprint density at radius 3 is 2.18 bits per heavy atom. The highest BCUT2D eigenvalue weighted by Crippen LogP contribution is 2.09. The van der Waals surface area contributed by atoms with Crippen molar-refractivity contribution in [1.82, 2.24) is 0 Å². The van der Waals surface area contributed by atoms with Crippen LogP contribution in [0.25, 0.3) is 0 Å². The summed E-state index contributed by atoms with van der Waals surface area (Å²) in [7, 11) is 0. The van der Waals surface area contributed by atoms with Crippen molar-refractivity contribution in [3.63, 3.8) is 0 Å². The number of hydrogen-bond acceptors (Lipinski definition) is 9. The average molecular weight is 357 g/mol. The minimum Gasteiger partial charge on any atom is -0.617 e. The lowest BCUT2D eigenvalue weighted by Gasteiger charge is -2.24. The van der Waals surface area contributed by atoms with Gasteiger partial charge in [0.25, 0.3) is 0 Å². The van der Waals surface area contributed by atoms with E-state index in [4.69, 9.17) is 15.6 Å². The van der Waals surface area contributed by atoms with E-state index in [1.807, 2.05) is 0 Å². The van der Waals surface area contributed by atoms with Gasteiger partial charge in [-0.15, -0.1) is 0 Å². The molecule has 0 aromatic heterocycles. The van der Waals surface area contributed by atoms with E-state index in [9.17, 15) is 24.7 Å². The van der Waals surface area contributed by atoms with Crippen molar-refractivity contribution in [1.29, 1.82) is 5.41 Å². The first-order chi connectivity index (χ1) is 10.2. The number of nitrogens with one attached hydrogen (secondary N) is 1. The second-order valence-corrected chi connectivity index (χ2v) is 6.24. The highest BCUT2D eigenvalue weighted by Gasteiger charge is 2.33. The highest BCUT2D eigenvalue weighted by molar-refractivity contribution is 7.90. The molecule has 5 atom stereocenters. The van der Waals surface area contributed by atoms with Crippen LogP contribution in [0.3, 0.4) is 0 Å². The number of hydrogen-bond donors (Lipinski definition) is 6. The fourth-order valence-corrected chi connectivity index (χ4v) is 2.08. The van der Waals surface area contributed by atoms with Crippen LogP contribution in [0, 0.1) is 5.41 Å². The number of Topliss-reactive ketones (excluding diaryl/α,β-unsaturated/α-hetero) is 1. The van der Waals surface area contributed by atoms with Gasteiger partial charge in [0.05, 0.1) is 18.0 Å². The smallest absolute Gasteiger partial charge is 0.164 e. The number of unbranched alkanes of at least 4 members (excludes halogenated alkanes) is 1. The number of aliphatic hydroxyl groups is 5. The summed E-state index contributed by atoms with van der Waals surface area (Å²) in [5.74, 6) is -0.212. The molecule has 0 amide bonds. The molecule has 6 N–H and O–H groups in total. The number of aliphatic hydroxyl groups excluding tert-OH is 5. The van der Waals surface area contributed by atoms with Gasteiger partial charge < -0.3 is 30.1 Å². The van der Waals surface area contributed by atoms with Gasteiger partial charge in [0.15, 0.2) is 5.78 Å². The van der Waals surface area contributed by atoms with Crippen molar-refractivity contribution in [2.24, 2.45) is 0 Å². The molecular formula is C12H23NO7S2. The number of rotatable bonds is 10. The van der Waals surface area contributed by atoms with Gasteiger partial charge in [-0.1, -0.05) is 11.2 Å². The zero-order chi connectivity index (χ0) is 17.7. The SMILES string of the molecule is C[S+]([O-])CCCCC(=O)C(O)C(O)C(O)C(O)CO.N=C=S. The van der Waals surface area contributed by atoms with Crippen LogP contribution >= 0.6 is 12.2 Å². The van der Waals surface area contributed by atoms with E-state index in [1.165, 1.54) is 0 Å². The van der Waals surface area contributed by atoms with E-state index in [-0.39, 0.29) is 6.42 Å². The predicted octanol–water partition coefficient (Wildman–Crippen LogP) is -1.79. The fourth-order valence-electron chi connectivity index (χ4n) is 1.47. The van der Waals surface area contributed by atoms with E-state index in [0.717, 1.165) is 0 Å². The Bertz CT molecular complexity index is 337. The Balaban J connectivity index is 0. The monoisotopic (exact) mass is 357 g/mol. The summed E-state index contributed by atoms with van der Waals surface area (Å²) in [6.07, 6.45) is -4.59.